The van der Waals surface area contributed by atoms with Crippen molar-refractivity contribution in [2.75, 3.05) is 11.9 Å². The first-order valence-electron chi connectivity index (χ1n) is 6.19. The summed E-state index contributed by atoms with van der Waals surface area (Å²) in [5.74, 6) is 0. The Morgan fingerprint density at radius 1 is 1.42 bits per heavy atom. The molecule has 0 aliphatic rings. The lowest BCUT2D eigenvalue weighted by atomic mass is 10.1. The van der Waals surface area contributed by atoms with Crippen LogP contribution in [0.15, 0.2) is 30.5 Å². The normalized spacial score (nSPS) is 10.4. The molecule has 0 saturated heterocycles. The van der Waals surface area contributed by atoms with E-state index in [0.717, 1.165) is 35.5 Å². The second kappa shape index (κ2) is 5.84. The molecule has 0 aliphatic heterocycles. The van der Waals surface area contributed by atoms with E-state index in [1.807, 2.05) is 49.1 Å². The monoisotopic (exact) mass is 274 g/mol. The van der Waals surface area contributed by atoms with E-state index in [-0.39, 0.29) is 0 Å². The number of hydrogen-bond donors (Lipinski definition) is 2. The minimum absolute atomic E-state index is 0.420. The Balaban J connectivity index is 2.01. The van der Waals surface area contributed by atoms with Crippen LogP contribution in [0, 0.1) is 6.92 Å². The number of anilines is 1. The van der Waals surface area contributed by atoms with Gasteiger partial charge in [0, 0.05) is 37.5 Å². The van der Waals surface area contributed by atoms with Gasteiger partial charge in [-0.05, 0) is 25.1 Å². The second-order valence-electron chi connectivity index (χ2n) is 4.57. The lowest BCUT2D eigenvalue weighted by Gasteiger charge is -2.11. The van der Waals surface area contributed by atoms with Crippen LogP contribution in [0.4, 0.5) is 5.69 Å². The predicted molar refractivity (Wildman–Crippen MR) is 82.5 cm³/mol. The number of thiocarbonyl (C=S) groups is 1. The van der Waals surface area contributed by atoms with Gasteiger partial charge in [0.05, 0.1) is 5.69 Å². The molecule has 4 nitrogen and oxygen atoms in total. The van der Waals surface area contributed by atoms with Gasteiger partial charge < -0.3 is 11.1 Å². The van der Waals surface area contributed by atoms with Crippen LogP contribution in [0.2, 0.25) is 0 Å². The van der Waals surface area contributed by atoms with Crippen molar-refractivity contribution in [3.63, 3.8) is 0 Å². The summed E-state index contributed by atoms with van der Waals surface area (Å²) in [6.45, 7) is 2.83. The number of hydrogen-bond acceptors (Lipinski definition) is 3. The van der Waals surface area contributed by atoms with Gasteiger partial charge in [-0.25, -0.2) is 0 Å². The molecule has 19 heavy (non-hydrogen) atoms. The molecule has 0 spiro atoms. The first-order chi connectivity index (χ1) is 9.06. The molecular weight excluding hydrogens is 256 g/mol. The Hall–Kier alpha value is -1.88. The summed E-state index contributed by atoms with van der Waals surface area (Å²) in [4.78, 5) is 0.420. The third-order valence-electron chi connectivity index (χ3n) is 2.91. The van der Waals surface area contributed by atoms with Crippen molar-refractivity contribution in [1.82, 2.24) is 9.78 Å². The highest BCUT2D eigenvalue weighted by atomic mass is 32.1. The molecule has 1 heterocycles. The second-order valence-corrected chi connectivity index (χ2v) is 5.01. The molecular formula is C14H18N4S. The average Bonchev–Trinajstić information content (AvgIpc) is 2.77. The van der Waals surface area contributed by atoms with Gasteiger partial charge in [0.2, 0.25) is 0 Å². The largest absolute Gasteiger partial charge is 0.389 e. The van der Waals surface area contributed by atoms with Gasteiger partial charge in [-0.2, -0.15) is 5.10 Å². The molecule has 1 aromatic carbocycles. The maximum absolute atomic E-state index is 5.75. The minimum Gasteiger partial charge on any atom is -0.389 e. The highest BCUT2D eigenvalue weighted by molar-refractivity contribution is 7.80. The zero-order valence-corrected chi connectivity index (χ0v) is 12.0. The first-order valence-corrected chi connectivity index (χ1v) is 6.60. The van der Waals surface area contributed by atoms with Crippen LogP contribution in [0.25, 0.3) is 0 Å². The molecule has 2 rings (SSSR count). The maximum Gasteiger partial charge on any atom is 0.106 e. The Labute approximate surface area is 118 Å². The summed E-state index contributed by atoms with van der Waals surface area (Å²) < 4.78 is 1.81. The number of nitrogens with zero attached hydrogens (tertiary/aromatic N) is 2. The maximum atomic E-state index is 5.75. The molecule has 0 atom stereocenters. The molecule has 0 fully saturated rings. The third kappa shape index (κ3) is 3.54. The SMILES string of the molecule is Cc1ccc(NCCc2ccn(C)n2)c(C(N)=S)c1. The molecule has 1 aromatic heterocycles. The van der Waals surface area contributed by atoms with Crippen molar-refractivity contribution in [2.45, 2.75) is 13.3 Å². The Morgan fingerprint density at radius 3 is 2.84 bits per heavy atom. The number of nitrogens with two attached hydrogens (primary N) is 1. The van der Waals surface area contributed by atoms with Gasteiger partial charge >= 0.3 is 0 Å². The van der Waals surface area contributed by atoms with E-state index in [9.17, 15) is 0 Å². The topological polar surface area (TPSA) is 55.9 Å². The molecule has 2 aromatic rings. The van der Waals surface area contributed by atoms with Crippen LogP contribution in [0.3, 0.4) is 0 Å². The van der Waals surface area contributed by atoms with Gasteiger partial charge in [-0.15, -0.1) is 0 Å². The lowest BCUT2D eigenvalue weighted by Crippen LogP contribution is -2.15. The standard InChI is InChI=1S/C14H18N4S/c1-10-3-4-13(12(9-10)14(15)19)16-7-5-11-6-8-18(2)17-11/h3-4,6,8-9,16H,5,7H2,1-2H3,(H2,15,19). The third-order valence-corrected chi connectivity index (χ3v) is 3.13. The zero-order valence-electron chi connectivity index (χ0n) is 11.2. The van der Waals surface area contributed by atoms with Crippen molar-refractivity contribution >= 4 is 22.9 Å². The Bertz CT molecular complexity index is 589. The molecule has 3 N–H and O–H groups in total. The summed E-state index contributed by atoms with van der Waals surface area (Å²) >= 11 is 5.08. The summed E-state index contributed by atoms with van der Waals surface area (Å²) in [6, 6.07) is 8.09. The van der Waals surface area contributed by atoms with Crippen LogP contribution in [0.1, 0.15) is 16.8 Å². The molecule has 0 bridgehead atoms. The van der Waals surface area contributed by atoms with E-state index in [4.69, 9.17) is 18.0 Å². The fourth-order valence-corrected chi connectivity index (χ4v) is 2.11. The Kier molecular flexibility index (Phi) is 4.16. The number of aromatic nitrogens is 2. The van der Waals surface area contributed by atoms with Gasteiger partial charge in [0.15, 0.2) is 0 Å². The van der Waals surface area contributed by atoms with Crippen molar-refractivity contribution in [3.05, 3.63) is 47.3 Å². The Morgan fingerprint density at radius 2 is 2.21 bits per heavy atom. The van der Waals surface area contributed by atoms with Crippen molar-refractivity contribution in [1.29, 1.82) is 0 Å². The van der Waals surface area contributed by atoms with E-state index in [1.54, 1.807) is 0 Å². The van der Waals surface area contributed by atoms with Crippen LogP contribution in [0.5, 0.6) is 0 Å². The minimum atomic E-state index is 0.420. The van der Waals surface area contributed by atoms with E-state index in [1.165, 1.54) is 0 Å². The quantitative estimate of drug-likeness (QED) is 0.819. The number of nitrogens with one attached hydrogen (secondary N) is 1. The molecule has 5 heteroatoms. The fourth-order valence-electron chi connectivity index (χ4n) is 1.94. The van der Waals surface area contributed by atoms with Crippen molar-refractivity contribution in [2.24, 2.45) is 12.8 Å². The summed E-state index contributed by atoms with van der Waals surface area (Å²) in [6.07, 6.45) is 2.81. The average molecular weight is 274 g/mol. The number of rotatable bonds is 5. The molecule has 0 saturated carbocycles. The molecule has 0 unspecified atom stereocenters. The van der Waals surface area contributed by atoms with E-state index >= 15 is 0 Å². The van der Waals surface area contributed by atoms with E-state index in [0.29, 0.717) is 4.99 Å². The highest BCUT2D eigenvalue weighted by Crippen LogP contribution is 2.17. The first kappa shape index (κ1) is 13.5. The van der Waals surface area contributed by atoms with Gasteiger partial charge in [0.1, 0.15) is 4.99 Å². The summed E-state index contributed by atoms with van der Waals surface area (Å²) in [5.41, 5.74) is 9.84. The van der Waals surface area contributed by atoms with E-state index < -0.39 is 0 Å². The van der Waals surface area contributed by atoms with Gasteiger partial charge in [0.25, 0.3) is 0 Å². The van der Waals surface area contributed by atoms with Crippen molar-refractivity contribution < 1.29 is 0 Å². The van der Waals surface area contributed by atoms with Crippen LogP contribution >= 0.6 is 12.2 Å². The number of benzene rings is 1. The smallest absolute Gasteiger partial charge is 0.106 e. The summed E-state index contributed by atoms with van der Waals surface area (Å²) in [5, 5.41) is 7.70. The summed E-state index contributed by atoms with van der Waals surface area (Å²) in [7, 11) is 1.92. The number of aryl methyl sites for hydroxylation is 2. The molecule has 0 radical (unpaired) electrons. The zero-order chi connectivity index (χ0) is 13.8. The van der Waals surface area contributed by atoms with Crippen LogP contribution in [-0.2, 0) is 13.5 Å². The van der Waals surface area contributed by atoms with Gasteiger partial charge in [-0.3, -0.25) is 4.68 Å². The molecule has 0 amide bonds. The van der Waals surface area contributed by atoms with Crippen LogP contribution in [-0.4, -0.2) is 21.3 Å². The molecule has 100 valence electrons. The lowest BCUT2D eigenvalue weighted by molar-refractivity contribution is 0.742. The van der Waals surface area contributed by atoms with E-state index in [2.05, 4.69) is 10.4 Å². The molecule has 0 aliphatic carbocycles. The van der Waals surface area contributed by atoms with Crippen LogP contribution < -0.4 is 11.1 Å². The fraction of sp³-hybridized carbons (Fsp3) is 0.286. The highest BCUT2D eigenvalue weighted by Gasteiger charge is 2.05. The predicted octanol–water partition coefficient (Wildman–Crippen LogP) is 2.02. The van der Waals surface area contributed by atoms with Crippen molar-refractivity contribution in [3.8, 4) is 0 Å². The van der Waals surface area contributed by atoms with Gasteiger partial charge in [-0.1, -0.05) is 23.8 Å².